The van der Waals surface area contributed by atoms with Crippen molar-refractivity contribution in [2.24, 2.45) is 5.92 Å². The zero-order valence-electron chi connectivity index (χ0n) is 7.75. The molecular weight excluding hydrogens is 152 g/mol. The summed E-state index contributed by atoms with van der Waals surface area (Å²) in [6, 6.07) is 0. The minimum absolute atomic E-state index is 0.109. The summed E-state index contributed by atoms with van der Waals surface area (Å²) < 4.78 is 5.47. The van der Waals surface area contributed by atoms with Gasteiger partial charge in [0.15, 0.2) is 0 Å². The van der Waals surface area contributed by atoms with E-state index in [1.807, 2.05) is 0 Å². The van der Waals surface area contributed by atoms with Crippen LogP contribution >= 0.6 is 0 Å². The third kappa shape index (κ3) is 2.61. The number of hydrogen-bond acceptors (Lipinski definition) is 2. The van der Waals surface area contributed by atoms with Gasteiger partial charge in [-0.15, -0.1) is 0 Å². The number of aliphatic hydroxyl groups excluding tert-OH is 1. The summed E-state index contributed by atoms with van der Waals surface area (Å²) in [5.41, 5.74) is 1.20. The zero-order valence-corrected chi connectivity index (χ0v) is 7.75. The van der Waals surface area contributed by atoms with Crippen LogP contribution in [0.15, 0.2) is 12.2 Å². The van der Waals surface area contributed by atoms with Gasteiger partial charge in [-0.05, 0) is 30.8 Å². The van der Waals surface area contributed by atoms with Gasteiger partial charge in [0.1, 0.15) is 0 Å². The molecule has 2 nitrogen and oxygen atoms in total. The molecular formula is C10H18O2. The van der Waals surface area contributed by atoms with Crippen LogP contribution in [0.3, 0.4) is 0 Å². The highest BCUT2D eigenvalue weighted by molar-refractivity contribution is 5.06. The van der Waals surface area contributed by atoms with Gasteiger partial charge in [0.05, 0.1) is 19.3 Å². The van der Waals surface area contributed by atoms with Crippen LogP contribution in [0.25, 0.3) is 0 Å². The second-order valence-corrected chi connectivity index (χ2v) is 3.62. The molecule has 0 aromatic heterocycles. The smallest absolute Gasteiger partial charge is 0.0786 e. The fraction of sp³-hybridized carbons (Fsp3) is 0.800. The zero-order chi connectivity index (χ0) is 8.97. The summed E-state index contributed by atoms with van der Waals surface area (Å²) in [5.74, 6) is 0.735. The molecule has 0 radical (unpaired) electrons. The maximum Gasteiger partial charge on any atom is 0.0786 e. The van der Waals surface area contributed by atoms with Gasteiger partial charge in [0.2, 0.25) is 0 Å². The summed E-state index contributed by atoms with van der Waals surface area (Å²) in [5, 5.41) is 8.59. The number of aliphatic hydroxyl groups is 1. The van der Waals surface area contributed by atoms with Gasteiger partial charge in [-0.1, -0.05) is 13.5 Å². The first-order chi connectivity index (χ1) is 5.74. The van der Waals surface area contributed by atoms with Crippen molar-refractivity contribution in [2.45, 2.75) is 32.3 Å². The molecule has 70 valence electrons. The van der Waals surface area contributed by atoms with Crippen molar-refractivity contribution in [2.75, 3.05) is 13.2 Å². The fourth-order valence-corrected chi connectivity index (χ4v) is 1.62. The first-order valence-electron chi connectivity index (χ1n) is 4.64. The van der Waals surface area contributed by atoms with Crippen molar-refractivity contribution < 1.29 is 9.84 Å². The molecule has 2 heteroatoms. The Labute approximate surface area is 74.2 Å². The Morgan fingerprint density at radius 2 is 2.42 bits per heavy atom. The predicted molar refractivity (Wildman–Crippen MR) is 49.0 cm³/mol. The van der Waals surface area contributed by atoms with Crippen LogP contribution in [-0.4, -0.2) is 24.4 Å². The third-order valence-electron chi connectivity index (χ3n) is 2.44. The first kappa shape index (κ1) is 9.75. The molecule has 0 amide bonds. The lowest BCUT2D eigenvalue weighted by molar-refractivity contribution is 0.0265. The Kier molecular flexibility index (Phi) is 3.76. The number of rotatable bonds is 3. The van der Waals surface area contributed by atoms with Gasteiger partial charge in [0.25, 0.3) is 0 Å². The van der Waals surface area contributed by atoms with E-state index in [0.717, 1.165) is 18.8 Å². The quantitative estimate of drug-likeness (QED) is 0.654. The highest BCUT2D eigenvalue weighted by atomic mass is 16.5. The summed E-state index contributed by atoms with van der Waals surface area (Å²) in [4.78, 5) is 0. The largest absolute Gasteiger partial charge is 0.394 e. The summed E-state index contributed by atoms with van der Waals surface area (Å²) >= 11 is 0. The maximum atomic E-state index is 8.59. The molecule has 0 aromatic carbocycles. The summed E-state index contributed by atoms with van der Waals surface area (Å²) in [6.45, 7) is 6.76. The second-order valence-electron chi connectivity index (χ2n) is 3.62. The maximum absolute atomic E-state index is 8.59. The van der Waals surface area contributed by atoms with Crippen LogP contribution in [0.5, 0.6) is 0 Å². The lowest BCUT2D eigenvalue weighted by Gasteiger charge is -2.28. The van der Waals surface area contributed by atoms with Crippen molar-refractivity contribution >= 4 is 0 Å². The molecule has 1 saturated carbocycles. The van der Waals surface area contributed by atoms with E-state index in [0.29, 0.717) is 6.61 Å². The minimum atomic E-state index is 0.109. The van der Waals surface area contributed by atoms with Crippen molar-refractivity contribution in [1.29, 1.82) is 0 Å². The Morgan fingerprint density at radius 3 is 3.08 bits per heavy atom. The standard InChI is InChI=1S/C10H18O2/c1-8-3-4-9(2)10(7-8)12-6-5-11/h8,10-11H,2-7H2,1H3. The lowest BCUT2D eigenvalue weighted by atomic mass is 9.85. The van der Waals surface area contributed by atoms with Crippen LogP contribution in [0.1, 0.15) is 26.2 Å². The van der Waals surface area contributed by atoms with Crippen LogP contribution < -0.4 is 0 Å². The molecule has 1 fully saturated rings. The topological polar surface area (TPSA) is 29.5 Å². The molecule has 2 unspecified atom stereocenters. The summed E-state index contributed by atoms with van der Waals surface area (Å²) in [6.07, 6.45) is 3.58. The average molecular weight is 170 g/mol. The van der Waals surface area contributed by atoms with Gasteiger partial charge >= 0.3 is 0 Å². The Hall–Kier alpha value is -0.340. The average Bonchev–Trinajstić information content (AvgIpc) is 2.07. The molecule has 0 spiro atoms. The molecule has 1 N–H and O–H groups in total. The van der Waals surface area contributed by atoms with Crippen molar-refractivity contribution in [3.05, 3.63) is 12.2 Å². The number of ether oxygens (including phenoxy) is 1. The number of hydrogen-bond donors (Lipinski definition) is 1. The van der Waals surface area contributed by atoms with Crippen molar-refractivity contribution in [1.82, 2.24) is 0 Å². The first-order valence-corrected chi connectivity index (χ1v) is 4.64. The van der Waals surface area contributed by atoms with Gasteiger partial charge in [-0.2, -0.15) is 0 Å². The molecule has 1 aliphatic rings. The van der Waals surface area contributed by atoms with Gasteiger partial charge in [-0.25, -0.2) is 0 Å². The predicted octanol–water partition coefficient (Wildman–Crippen LogP) is 1.74. The Balaban J connectivity index is 2.33. The van der Waals surface area contributed by atoms with E-state index in [-0.39, 0.29) is 12.7 Å². The molecule has 0 saturated heterocycles. The SMILES string of the molecule is C=C1CCC(C)CC1OCCO. The Morgan fingerprint density at radius 1 is 1.67 bits per heavy atom. The normalized spacial score (nSPS) is 30.7. The van der Waals surface area contributed by atoms with Gasteiger partial charge in [-0.3, -0.25) is 0 Å². The van der Waals surface area contributed by atoms with E-state index in [1.165, 1.54) is 12.0 Å². The van der Waals surface area contributed by atoms with E-state index in [2.05, 4.69) is 13.5 Å². The highest BCUT2D eigenvalue weighted by Gasteiger charge is 2.21. The van der Waals surface area contributed by atoms with Gasteiger partial charge in [0, 0.05) is 0 Å². The minimum Gasteiger partial charge on any atom is -0.394 e. The van der Waals surface area contributed by atoms with Crippen molar-refractivity contribution in [3.63, 3.8) is 0 Å². The van der Waals surface area contributed by atoms with Crippen LogP contribution in [0, 0.1) is 5.92 Å². The monoisotopic (exact) mass is 170 g/mol. The molecule has 0 aliphatic heterocycles. The fourth-order valence-electron chi connectivity index (χ4n) is 1.62. The van der Waals surface area contributed by atoms with Crippen LogP contribution in [0.4, 0.5) is 0 Å². The molecule has 0 heterocycles. The molecule has 0 aromatic rings. The van der Waals surface area contributed by atoms with Crippen LogP contribution in [-0.2, 0) is 4.74 Å². The van der Waals surface area contributed by atoms with E-state index in [4.69, 9.17) is 9.84 Å². The highest BCUT2D eigenvalue weighted by Crippen LogP contribution is 2.28. The second kappa shape index (κ2) is 4.63. The Bertz CT molecular complexity index is 154. The van der Waals surface area contributed by atoms with E-state index in [9.17, 15) is 0 Å². The molecule has 1 rings (SSSR count). The molecule has 2 atom stereocenters. The van der Waals surface area contributed by atoms with E-state index >= 15 is 0 Å². The summed E-state index contributed by atoms with van der Waals surface area (Å²) in [7, 11) is 0. The van der Waals surface area contributed by atoms with Crippen molar-refractivity contribution in [3.8, 4) is 0 Å². The molecule has 1 aliphatic carbocycles. The van der Waals surface area contributed by atoms with E-state index < -0.39 is 0 Å². The van der Waals surface area contributed by atoms with Gasteiger partial charge < -0.3 is 9.84 Å². The van der Waals surface area contributed by atoms with E-state index in [1.54, 1.807) is 0 Å². The third-order valence-corrected chi connectivity index (χ3v) is 2.44. The molecule has 12 heavy (non-hydrogen) atoms. The lowest BCUT2D eigenvalue weighted by Crippen LogP contribution is -2.24. The van der Waals surface area contributed by atoms with Crippen LogP contribution in [0.2, 0.25) is 0 Å². The molecule has 0 bridgehead atoms.